The summed E-state index contributed by atoms with van der Waals surface area (Å²) in [5, 5.41) is 12.4. The zero-order chi connectivity index (χ0) is 14.5. The standard InChI is InChI=1S/C14H13N3O2S/c1-3-19-13(18)10(7-15)8-16-14-17-12-9(2)5-4-6-11(12)20-14/h4-6,8H,3H2,1-2H3,(H,16,17)/b10-8+. The number of thiazole rings is 1. The summed E-state index contributed by atoms with van der Waals surface area (Å²) in [5.74, 6) is -0.639. The molecule has 0 fully saturated rings. The number of aromatic nitrogens is 1. The number of nitrogens with zero attached hydrogens (tertiary/aromatic N) is 2. The van der Waals surface area contributed by atoms with E-state index in [0.29, 0.717) is 5.13 Å². The second-order valence-electron chi connectivity index (χ2n) is 3.98. The van der Waals surface area contributed by atoms with Gasteiger partial charge in [-0.3, -0.25) is 0 Å². The molecule has 0 radical (unpaired) electrons. The Bertz CT molecular complexity index is 713. The molecule has 1 aromatic carbocycles. The van der Waals surface area contributed by atoms with Crippen LogP contribution in [0.1, 0.15) is 12.5 Å². The number of carbonyl (C=O) groups is 1. The number of aryl methyl sites for hydroxylation is 1. The van der Waals surface area contributed by atoms with E-state index in [2.05, 4.69) is 10.3 Å². The average Bonchev–Trinajstić information content (AvgIpc) is 2.84. The molecule has 2 aromatic rings. The largest absolute Gasteiger partial charge is 0.462 e. The van der Waals surface area contributed by atoms with Gasteiger partial charge >= 0.3 is 5.97 Å². The van der Waals surface area contributed by atoms with Gasteiger partial charge in [0.1, 0.15) is 6.07 Å². The minimum Gasteiger partial charge on any atom is -0.462 e. The maximum absolute atomic E-state index is 11.5. The first-order chi connectivity index (χ1) is 9.65. The third kappa shape index (κ3) is 2.95. The van der Waals surface area contributed by atoms with Crippen molar-refractivity contribution in [2.45, 2.75) is 13.8 Å². The van der Waals surface area contributed by atoms with E-state index in [1.807, 2.05) is 25.1 Å². The highest BCUT2D eigenvalue weighted by Gasteiger charge is 2.10. The summed E-state index contributed by atoms with van der Waals surface area (Å²) in [7, 11) is 0. The number of carbonyl (C=O) groups excluding carboxylic acids is 1. The molecule has 0 spiro atoms. The Morgan fingerprint density at radius 2 is 2.40 bits per heavy atom. The molecule has 6 heteroatoms. The molecule has 0 aliphatic heterocycles. The Labute approximate surface area is 120 Å². The number of para-hydroxylation sites is 1. The summed E-state index contributed by atoms with van der Waals surface area (Å²) in [6.07, 6.45) is 1.32. The number of nitrogens with one attached hydrogen (secondary N) is 1. The van der Waals surface area contributed by atoms with Crippen LogP contribution in [-0.2, 0) is 9.53 Å². The van der Waals surface area contributed by atoms with Crippen LogP contribution in [0.4, 0.5) is 5.13 Å². The number of anilines is 1. The van der Waals surface area contributed by atoms with Crippen LogP contribution in [0.3, 0.4) is 0 Å². The van der Waals surface area contributed by atoms with Gasteiger partial charge in [-0.25, -0.2) is 9.78 Å². The summed E-state index contributed by atoms with van der Waals surface area (Å²) in [5.41, 5.74) is 1.92. The molecule has 1 aromatic heterocycles. The molecule has 1 N–H and O–H groups in total. The molecule has 0 atom stereocenters. The van der Waals surface area contributed by atoms with E-state index in [1.54, 1.807) is 13.0 Å². The van der Waals surface area contributed by atoms with Crippen molar-refractivity contribution < 1.29 is 9.53 Å². The van der Waals surface area contributed by atoms with Crippen molar-refractivity contribution in [2.24, 2.45) is 0 Å². The number of nitriles is 1. The SMILES string of the molecule is CCOC(=O)/C(C#N)=C/Nc1nc2c(C)cccc2s1. The molecule has 1 heterocycles. The number of fused-ring (bicyclic) bond motifs is 1. The molecule has 0 aliphatic rings. The predicted octanol–water partition coefficient (Wildman–Crippen LogP) is 2.99. The van der Waals surface area contributed by atoms with Gasteiger partial charge in [0.15, 0.2) is 10.7 Å². The predicted molar refractivity (Wildman–Crippen MR) is 78.3 cm³/mol. The highest BCUT2D eigenvalue weighted by Crippen LogP contribution is 2.27. The summed E-state index contributed by atoms with van der Waals surface area (Å²) in [6, 6.07) is 7.73. The van der Waals surface area contributed by atoms with E-state index in [9.17, 15) is 4.79 Å². The van der Waals surface area contributed by atoms with E-state index in [-0.39, 0.29) is 12.2 Å². The van der Waals surface area contributed by atoms with Crippen LogP contribution in [0.5, 0.6) is 0 Å². The first-order valence-corrected chi connectivity index (χ1v) is 6.87. The van der Waals surface area contributed by atoms with Crippen LogP contribution in [-0.4, -0.2) is 17.6 Å². The van der Waals surface area contributed by atoms with Gasteiger partial charge in [0.25, 0.3) is 0 Å². The molecular formula is C14H13N3O2S. The van der Waals surface area contributed by atoms with Gasteiger partial charge in [-0.2, -0.15) is 5.26 Å². The fourth-order valence-electron chi connectivity index (χ4n) is 1.63. The van der Waals surface area contributed by atoms with Crippen molar-refractivity contribution in [3.05, 3.63) is 35.5 Å². The Balaban J connectivity index is 2.22. The molecule has 0 saturated heterocycles. The van der Waals surface area contributed by atoms with Gasteiger partial charge in [-0.15, -0.1) is 0 Å². The van der Waals surface area contributed by atoms with Gasteiger partial charge in [-0.1, -0.05) is 23.5 Å². The van der Waals surface area contributed by atoms with Gasteiger partial charge in [0.05, 0.1) is 16.8 Å². The fraction of sp³-hybridized carbons (Fsp3) is 0.214. The number of hydrogen-bond donors (Lipinski definition) is 1. The lowest BCUT2D eigenvalue weighted by Gasteiger charge is -1.99. The van der Waals surface area contributed by atoms with Crippen molar-refractivity contribution in [1.29, 1.82) is 5.26 Å². The summed E-state index contributed by atoms with van der Waals surface area (Å²) in [6.45, 7) is 3.91. The van der Waals surface area contributed by atoms with E-state index < -0.39 is 5.97 Å². The van der Waals surface area contributed by atoms with E-state index >= 15 is 0 Å². The first-order valence-electron chi connectivity index (χ1n) is 6.05. The van der Waals surface area contributed by atoms with Crippen molar-refractivity contribution in [2.75, 3.05) is 11.9 Å². The lowest BCUT2D eigenvalue weighted by Crippen LogP contribution is -2.07. The highest BCUT2D eigenvalue weighted by atomic mass is 32.1. The molecule has 2 rings (SSSR count). The Morgan fingerprint density at radius 1 is 1.60 bits per heavy atom. The Kier molecular flexibility index (Phi) is 4.33. The first kappa shape index (κ1) is 14.0. The lowest BCUT2D eigenvalue weighted by atomic mass is 10.2. The van der Waals surface area contributed by atoms with E-state index in [1.165, 1.54) is 17.5 Å². The van der Waals surface area contributed by atoms with Gasteiger partial charge in [-0.05, 0) is 25.5 Å². The molecule has 0 amide bonds. The molecule has 102 valence electrons. The quantitative estimate of drug-likeness (QED) is 0.531. The number of benzene rings is 1. The number of esters is 1. The van der Waals surface area contributed by atoms with Crippen LogP contribution < -0.4 is 5.32 Å². The average molecular weight is 287 g/mol. The molecule has 0 unspecified atom stereocenters. The molecule has 0 bridgehead atoms. The third-order valence-corrected chi connectivity index (χ3v) is 3.53. The normalized spacial score (nSPS) is 11.2. The van der Waals surface area contributed by atoms with Crippen molar-refractivity contribution >= 4 is 32.7 Å². The van der Waals surface area contributed by atoms with Crippen molar-refractivity contribution in [3.8, 4) is 6.07 Å². The van der Waals surface area contributed by atoms with Crippen LogP contribution in [0, 0.1) is 18.3 Å². The molecular weight excluding hydrogens is 274 g/mol. The topological polar surface area (TPSA) is 75.0 Å². The van der Waals surface area contributed by atoms with Crippen LogP contribution in [0.15, 0.2) is 30.0 Å². The molecule has 5 nitrogen and oxygen atoms in total. The maximum atomic E-state index is 11.5. The second-order valence-corrected chi connectivity index (χ2v) is 5.01. The zero-order valence-corrected chi connectivity index (χ0v) is 12.0. The molecule has 0 saturated carbocycles. The Morgan fingerprint density at radius 3 is 3.05 bits per heavy atom. The monoisotopic (exact) mass is 287 g/mol. The third-order valence-electron chi connectivity index (χ3n) is 2.58. The number of hydrogen-bond acceptors (Lipinski definition) is 6. The fourth-order valence-corrected chi connectivity index (χ4v) is 2.54. The highest BCUT2D eigenvalue weighted by molar-refractivity contribution is 7.22. The van der Waals surface area contributed by atoms with E-state index in [4.69, 9.17) is 10.00 Å². The van der Waals surface area contributed by atoms with Crippen LogP contribution in [0.25, 0.3) is 10.2 Å². The number of ether oxygens (including phenoxy) is 1. The van der Waals surface area contributed by atoms with Gasteiger partial charge < -0.3 is 10.1 Å². The number of rotatable bonds is 4. The zero-order valence-electron chi connectivity index (χ0n) is 11.1. The summed E-state index contributed by atoms with van der Waals surface area (Å²) in [4.78, 5) is 15.9. The minimum absolute atomic E-state index is 0.0807. The van der Waals surface area contributed by atoms with Crippen molar-refractivity contribution in [1.82, 2.24) is 4.98 Å². The van der Waals surface area contributed by atoms with Crippen LogP contribution in [0.2, 0.25) is 0 Å². The summed E-state index contributed by atoms with van der Waals surface area (Å²) < 4.78 is 5.83. The molecule has 0 aliphatic carbocycles. The van der Waals surface area contributed by atoms with Gasteiger partial charge in [0.2, 0.25) is 0 Å². The van der Waals surface area contributed by atoms with Crippen LogP contribution >= 0.6 is 11.3 Å². The lowest BCUT2D eigenvalue weighted by molar-refractivity contribution is -0.138. The maximum Gasteiger partial charge on any atom is 0.350 e. The second kappa shape index (κ2) is 6.17. The molecule has 20 heavy (non-hydrogen) atoms. The van der Waals surface area contributed by atoms with E-state index in [0.717, 1.165) is 15.8 Å². The minimum atomic E-state index is -0.639. The van der Waals surface area contributed by atoms with Gasteiger partial charge in [0, 0.05) is 6.20 Å². The summed E-state index contributed by atoms with van der Waals surface area (Å²) >= 11 is 1.46. The smallest absolute Gasteiger partial charge is 0.350 e. The Hall–Kier alpha value is -2.39. The van der Waals surface area contributed by atoms with Crippen molar-refractivity contribution in [3.63, 3.8) is 0 Å².